The van der Waals surface area contributed by atoms with Gasteiger partial charge < -0.3 is 10.1 Å². The number of esters is 1. The van der Waals surface area contributed by atoms with E-state index in [9.17, 15) is 14.4 Å². The Morgan fingerprint density at radius 2 is 1.81 bits per heavy atom. The zero-order valence-corrected chi connectivity index (χ0v) is 14.2. The molecule has 1 heterocycles. The molecule has 1 atom stereocenters. The van der Waals surface area contributed by atoms with Gasteiger partial charge in [0.25, 0.3) is 5.56 Å². The highest BCUT2D eigenvalue weighted by molar-refractivity contribution is 6.02. The first-order valence-electron chi connectivity index (χ1n) is 7.85. The van der Waals surface area contributed by atoms with Crippen LogP contribution in [-0.4, -0.2) is 34.0 Å². The lowest BCUT2D eigenvalue weighted by atomic mass is 10.1. The average molecular weight is 352 g/mol. The summed E-state index contributed by atoms with van der Waals surface area (Å²) in [6, 6.07) is 12.3. The summed E-state index contributed by atoms with van der Waals surface area (Å²) in [5, 5.41) is 10.8. The van der Waals surface area contributed by atoms with Crippen LogP contribution in [-0.2, 0) is 9.53 Å². The molecule has 26 heavy (non-hydrogen) atoms. The van der Waals surface area contributed by atoms with Crippen LogP contribution < -0.4 is 10.9 Å². The number of ether oxygens (including phenoxy) is 1. The number of nitrogens with zero attached hydrogens (tertiary/aromatic N) is 3. The van der Waals surface area contributed by atoms with Crippen molar-refractivity contribution in [2.75, 3.05) is 12.4 Å². The Bertz CT molecular complexity index is 1040. The van der Waals surface area contributed by atoms with Gasteiger partial charge in [0.05, 0.1) is 23.7 Å². The molecular formula is C18H16N4O4. The molecule has 0 fully saturated rings. The molecule has 8 nitrogen and oxygen atoms in total. The van der Waals surface area contributed by atoms with Crippen LogP contribution in [0.15, 0.2) is 53.3 Å². The van der Waals surface area contributed by atoms with E-state index in [0.29, 0.717) is 10.9 Å². The number of methoxy groups -OCH3 is 1. The van der Waals surface area contributed by atoms with E-state index in [1.165, 1.54) is 20.1 Å². The number of aromatic nitrogens is 3. The van der Waals surface area contributed by atoms with Crippen molar-refractivity contribution in [1.82, 2.24) is 15.0 Å². The van der Waals surface area contributed by atoms with Crippen LogP contribution in [0.3, 0.4) is 0 Å². The Morgan fingerprint density at radius 3 is 2.58 bits per heavy atom. The zero-order chi connectivity index (χ0) is 18.7. The van der Waals surface area contributed by atoms with Crippen LogP contribution in [0.4, 0.5) is 5.69 Å². The maximum atomic E-state index is 12.6. The first kappa shape index (κ1) is 17.3. The Kier molecular flexibility index (Phi) is 4.74. The van der Waals surface area contributed by atoms with Gasteiger partial charge in [-0.3, -0.25) is 9.59 Å². The minimum atomic E-state index is -0.926. The summed E-state index contributed by atoms with van der Waals surface area (Å²) >= 11 is 0. The predicted octanol–water partition coefficient (Wildman–Crippen LogP) is 1.78. The standard InChI is InChI=1S/C18H16N4O4/c1-11(22-17(24)12-7-3-6-10-15(12)20-21-22)16(23)19-14-9-5-4-8-13(14)18(25)26-2/h3-11H,1-2H3,(H,19,23)/t11-/m0/s1. The van der Waals surface area contributed by atoms with Gasteiger partial charge in [0, 0.05) is 0 Å². The lowest BCUT2D eigenvalue weighted by molar-refractivity contribution is -0.119. The number of fused-ring (bicyclic) bond motifs is 1. The van der Waals surface area contributed by atoms with Gasteiger partial charge in [-0.2, -0.15) is 4.68 Å². The SMILES string of the molecule is COC(=O)c1ccccc1NC(=O)[C@H](C)n1nnc2ccccc2c1=O. The number of para-hydroxylation sites is 1. The van der Waals surface area contributed by atoms with Crippen molar-refractivity contribution < 1.29 is 14.3 Å². The number of rotatable bonds is 4. The molecular weight excluding hydrogens is 336 g/mol. The van der Waals surface area contributed by atoms with E-state index < -0.39 is 23.5 Å². The Hall–Kier alpha value is -3.55. The number of carbonyl (C=O) groups is 2. The van der Waals surface area contributed by atoms with Crippen molar-refractivity contribution in [1.29, 1.82) is 0 Å². The van der Waals surface area contributed by atoms with Crippen molar-refractivity contribution in [2.45, 2.75) is 13.0 Å². The highest BCUT2D eigenvalue weighted by atomic mass is 16.5. The summed E-state index contributed by atoms with van der Waals surface area (Å²) in [6.07, 6.45) is 0. The molecule has 3 aromatic rings. The molecule has 1 amide bonds. The number of hydrogen-bond acceptors (Lipinski definition) is 6. The molecule has 2 aromatic carbocycles. The monoisotopic (exact) mass is 352 g/mol. The van der Waals surface area contributed by atoms with Gasteiger partial charge in [0.15, 0.2) is 0 Å². The second kappa shape index (κ2) is 7.14. The van der Waals surface area contributed by atoms with Crippen LogP contribution in [0.25, 0.3) is 10.9 Å². The first-order chi connectivity index (χ1) is 12.5. The first-order valence-corrected chi connectivity index (χ1v) is 7.85. The van der Waals surface area contributed by atoms with Gasteiger partial charge in [-0.25, -0.2) is 4.79 Å². The normalized spacial score (nSPS) is 11.8. The van der Waals surface area contributed by atoms with Crippen molar-refractivity contribution in [2.24, 2.45) is 0 Å². The molecule has 132 valence electrons. The highest BCUT2D eigenvalue weighted by Crippen LogP contribution is 2.17. The molecule has 8 heteroatoms. The van der Waals surface area contributed by atoms with Crippen LogP contribution in [0, 0.1) is 0 Å². The Labute approximate surface area is 148 Å². The van der Waals surface area contributed by atoms with E-state index in [2.05, 4.69) is 15.6 Å². The molecule has 0 radical (unpaired) electrons. The fourth-order valence-corrected chi connectivity index (χ4v) is 2.48. The maximum Gasteiger partial charge on any atom is 0.339 e. The van der Waals surface area contributed by atoms with Crippen LogP contribution in [0.5, 0.6) is 0 Å². The van der Waals surface area contributed by atoms with Gasteiger partial charge in [-0.15, -0.1) is 5.10 Å². The minimum absolute atomic E-state index is 0.215. The summed E-state index contributed by atoms with van der Waals surface area (Å²) in [5.74, 6) is -1.08. The van der Waals surface area contributed by atoms with Gasteiger partial charge in [0.2, 0.25) is 5.91 Å². The molecule has 0 bridgehead atoms. The molecule has 0 spiro atoms. The molecule has 0 saturated carbocycles. The summed E-state index contributed by atoms with van der Waals surface area (Å²) in [5.41, 5.74) is 0.544. The fraction of sp³-hybridized carbons (Fsp3) is 0.167. The second-order valence-electron chi connectivity index (χ2n) is 5.56. The topological polar surface area (TPSA) is 103 Å². The summed E-state index contributed by atoms with van der Waals surface area (Å²) < 4.78 is 5.72. The van der Waals surface area contributed by atoms with Gasteiger partial charge >= 0.3 is 5.97 Å². The molecule has 0 aliphatic heterocycles. The van der Waals surface area contributed by atoms with Crippen LogP contribution in [0.1, 0.15) is 23.3 Å². The lowest BCUT2D eigenvalue weighted by Crippen LogP contribution is -2.34. The quantitative estimate of drug-likeness (QED) is 0.718. The number of nitrogens with one attached hydrogen (secondary N) is 1. The highest BCUT2D eigenvalue weighted by Gasteiger charge is 2.21. The van der Waals surface area contributed by atoms with Crippen molar-refractivity contribution in [3.05, 3.63) is 64.4 Å². The smallest absolute Gasteiger partial charge is 0.339 e. The van der Waals surface area contributed by atoms with Gasteiger partial charge in [-0.05, 0) is 31.2 Å². The van der Waals surface area contributed by atoms with E-state index in [1.807, 2.05) is 0 Å². The number of carbonyl (C=O) groups excluding carboxylic acids is 2. The number of anilines is 1. The van der Waals surface area contributed by atoms with Gasteiger partial charge in [0.1, 0.15) is 11.6 Å². The van der Waals surface area contributed by atoms with E-state index in [4.69, 9.17) is 4.74 Å². The van der Waals surface area contributed by atoms with E-state index in [1.54, 1.807) is 42.5 Å². The molecule has 0 unspecified atom stereocenters. The number of amides is 1. The van der Waals surface area contributed by atoms with Crippen LogP contribution in [0.2, 0.25) is 0 Å². The Balaban J connectivity index is 1.91. The zero-order valence-electron chi connectivity index (χ0n) is 14.2. The van der Waals surface area contributed by atoms with Crippen LogP contribution >= 0.6 is 0 Å². The molecule has 0 aliphatic carbocycles. The predicted molar refractivity (Wildman–Crippen MR) is 94.9 cm³/mol. The van der Waals surface area contributed by atoms with Gasteiger partial charge in [-0.1, -0.05) is 29.5 Å². The van der Waals surface area contributed by atoms with E-state index in [0.717, 1.165) is 4.68 Å². The van der Waals surface area contributed by atoms with Crippen molar-refractivity contribution in [3.63, 3.8) is 0 Å². The average Bonchev–Trinajstić information content (AvgIpc) is 2.67. The van der Waals surface area contributed by atoms with Crippen molar-refractivity contribution >= 4 is 28.5 Å². The number of benzene rings is 2. The molecule has 0 aliphatic rings. The lowest BCUT2D eigenvalue weighted by Gasteiger charge is -2.15. The van der Waals surface area contributed by atoms with Crippen molar-refractivity contribution in [3.8, 4) is 0 Å². The molecule has 0 saturated heterocycles. The molecule has 3 rings (SSSR count). The third kappa shape index (κ3) is 3.16. The van der Waals surface area contributed by atoms with E-state index in [-0.39, 0.29) is 11.3 Å². The fourth-order valence-electron chi connectivity index (χ4n) is 2.48. The third-order valence-electron chi connectivity index (χ3n) is 3.93. The number of hydrogen-bond donors (Lipinski definition) is 1. The maximum absolute atomic E-state index is 12.6. The summed E-state index contributed by atoms with van der Waals surface area (Å²) in [6.45, 7) is 1.53. The summed E-state index contributed by atoms with van der Waals surface area (Å²) in [4.78, 5) is 36.9. The molecule has 1 aromatic heterocycles. The largest absolute Gasteiger partial charge is 0.465 e. The third-order valence-corrected chi connectivity index (χ3v) is 3.93. The Morgan fingerprint density at radius 1 is 1.12 bits per heavy atom. The second-order valence-corrected chi connectivity index (χ2v) is 5.56. The minimum Gasteiger partial charge on any atom is -0.465 e. The molecule has 1 N–H and O–H groups in total. The van der Waals surface area contributed by atoms with E-state index >= 15 is 0 Å². The summed E-state index contributed by atoms with van der Waals surface area (Å²) in [7, 11) is 1.26.